The molecule has 0 unspecified atom stereocenters. The molecule has 100 valence electrons. The summed E-state index contributed by atoms with van der Waals surface area (Å²) >= 11 is 0. The Morgan fingerprint density at radius 3 is 1.94 bits per heavy atom. The van der Waals surface area contributed by atoms with Gasteiger partial charge in [-0.15, -0.1) is 0 Å². The Morgan fingerprint density at radius 1 is 1.12 bits per heavy atom. The van der Waals surface area contributed by atoms with Crippen molar-refractivity contribution in [2.45, 2.75) is 24.4 Å². The Labute approximate surface area is 91.0 Å². The molecule has 0 spiro atoms. The Morgan fingerprint density at radius 2 is 1.59 bits per heavy atom. The zero-order chi connectivity index (χ0) is 13.9. The van der Waals surface area contributed by atoms with E-state index in [1.165, 1.54) is 0 Å². The fourth-order valence-corrected chi connectivity index (χ4v) is 0.703. The monoisotopic (exact) mass is 268 g/mol. The predicted molar refractivity (Wildman–Crippen MR) is 41.7 cm³/mol. The standard InChI is InChI=1S/C8H7F7O2/c1-2-5(16)17-4-3-6(9,10)7(11,12)8(13,14)15/h2H,1,3-4H2. The first-order chi connectivity index (χ1) is 7.45. The first-order valence-electron chi connectivity index (χ1n) is 4.07. The summed E-state index contributed by atoms with van der Waals surface area (Å²) in [5, 5.41) is 0. The Balaban J connectivity index is 4.57. The third-order valence-electron chi connectivity index (χ3n) is 1.64. The zero-order valence-electron chi connectivity index (χ0n) is 8.16. The van der Waals surface area contributed by atoms with Gasteiger partial charge in [0, 0.05) is 6.08 Å². The molecule has 0 saturated carbocycles. The molecule has 0 aliphatic carbocycles. The number of hydrogen-bond acceptors (Lipinski definition) is 2. The second-order valence-corrected chi connectivity index (χ2v) is 2.90. The molecule has 2 nitrogen and oxygen atoms in total. The lowest BCUT2D eigenvalue weighted by Crippen LogP contribution is -2.52. The minimum absolute atomic E-state index is 0.556. The smallest absolute Gasteiger partial charge is 0.459 e. The number of esters is 1. The van der Waals surface area contributed by atoms with Crippen LogP contribution in [0, 0.1) is 0 Å². The molecule has 17 heavy (non-hydrogen) atoms. The van der Waals surface area contributed by atoms with Gasteiger partial charge in [0.15, 0.2) is 0 Å². The zero-order valence-corrected chi connectivity index (χ0v) is 8.16. The van der Waals surface area contributed by atoms with E-state index in [0.717, 1.165) is 0 Å². The summed E-state index contributed by atoms with van der Waals surface area (Å²) < 4.78 is 88.5. The molecule has 0 atom stereocenters. The van der Waals surface area contributed by atoms with Crippen LogP contribution in [0.3, 0.4) is 0 Å². The van der Waals surface area contributed by atoms with Gasteiger partial charge in [-0.3, -0.25) is 0 Å². The lowest BCUT2D eigenvalue weighted by Gasteiger charge is -2.27. The van der Waals surface area contributed by atoms with Crippen LogP contribution in [0.2, 0.25) is 0 Å². The molecule has 0 saturated heterocycles. The Hall–Kier alpha value is -1.28. The van der Waals surface area contributed by atoms with Crippen molar-refractivity contribution in [3.8, 4) is 0 Å². The van der Waals surface area contributed by atoms with Gasteiger partial charge in [-0.25, -0.2) is 4.79 Å². The highest BCUT2D eigenvalue weighted by atomic mass is 19.4. The average Bonchev–Trinajstić information content (AvgIpc) is 2.15. The summed E-state index contributed by atoms with van der Waals surface area (Å²) in [5.74, 6) is -12.7. The van der Waals surface area contributed by atoms with Crippen LogP contribution in [0.5, 0.6) is 0 Å². The molecule has 0 fully saturated rings. The largest absolute Gasteiger partial charge is 0.462 e. The van der Waals surface area contributed by atoms with Crippen molar-refractivity contribution in [2.24, 2.45) is 0 Å². The number of rotatable bonds is 5. The van der Waals surface area contributed by atoms with Crippen molar-refractivity contribution in [2.75, 3.05) is 6.61 Å². The molecule has 0 rings (SSSR count). The van der Waals surface area contributed by atoms with Gasteiger partial charge in [0.05, 0.1) is 13.0 Å². The fraction of sp³-hybridized carbons (Fsp3) is 0.625. The molecule has 9 heteroatoms. The quantitative estimate of drug-likeness (QED) is 0.435. The van der Waals surface area contributed by atoms with Gasteiger partial charge in [0.25, 0.3) is 0 Å². The molecule has 0 aliphatic heterocycles. The topological polar surface area (TPSA) is 26.3 Å². The van der Waals surface area contributed by atoms with Crippen LogP contribution in [0.1, 0.15) is 6.42 Å². The van der Waals surface area contributed by atoms with Crippen molar-refractivity contribution in [1.82, 2.24) is 0 Å². The normalized spacial score (nSPS) is 13.4. The highest BCUT2D eigenvalue weighted by Crippen LogP contribution is 2.47. The van der Waals surface area contributed by atoms with Crippen molar-refractivity contribution in [3.05, 3.63) is 12.7 Å². The Bertz CT molecular complexity index is 295. The van der Waals surface area contributed by atoms with E-state index in [9.17, 15) is 35.5 Å². The van der Waals surface area contributed by atoms with Crippen LogP contribution in [0.15, 0.2) is 12.7 Å². The van der Waals surface area contributed by atoms with Gasteiger partial charge < -0.3 is 4.74 Å². The van der Waals surface area contributed by atoms with Crippen LogP contribution >= 0.6 is 0 Å². The van der Waals surface area contributed by atoms with Gasteiger partial charge >= 0.3 is 24.0 Å². The second-order valence-electron chi connectivity index (χ2n) is 2.90. The first kappa shape index (κ1) is 15.7. The van der Waals surface area contributed by atoms with E-state index in [2.05, 4.69) is 11.3 Å². The maximum absolute atomic E-state index is 12.6. The third-order valence-corrected chi connectivity index (χ3v) is 1.64. The summed E-state index contributed by atoms with van der Waals surface area (Å²) in [6.45, 7) is 1.60. The SMILES string of the molecule is C=CC(=O)OCCC(F)(F)C(F)(F)C(F)(F)F. The van der Waals surface area contributed by atoms with Gasteiger partial charge in [0.1, 0.15) is 0 Å². The van der Waals surface area contributed by atoms with Crippen molar-refractivity contribution < 1.29 is 40.3 Å². The third kappa shape index (κ3) is 3.60. The number of carbonyl (C=O) groups excluding carboxylic acids is 1. The highest BCUT2D eigenvalue weighted by Gasteiger charge is 2.72. The van der Waals surface area contributed by atoms with Crippen molar-refractivity contribution in [3.63, 3.8) is 0 Å². The molecule has 0 radical (unpaired) electrons. The molecule has 0 aromatic carbocycles. The van der Waals surface area contributed by atoms with E-state index < -0.39 is 37.0 Å². The Kier molecular flexibility index (Phi) is 4.55. The molecule has 0 N–H and O–H groups in total. The minimum Gasteiger partial charge on any atom is -0.462 e. The van der Waals surface area contributed by atoms with Crippen LogP contribution in [0.4, 0.5) is 30.7 Å². The predicted octanol–water partition coefficient (Wildman–Crippen LogP) is 2.94. The number of halogens is 7. The number of hydrogen-bond donors (Lipinski definition) is 0. The molecule has 0 aromatic rings. The van der Waals surface area contributed by atoms with Gasteiger partial charge in [-0.05, 0) is 0 Å². The molecule has 0 amide bonds. The molecule has 0 aliphatic rings. The number of carbonyl (C=O) groups is 1. The molecule has 0 aromatic heterocycles. The van der Waals surface area contributed by atoms with E-state index in [0.29, 0.717) is 6.08 Å². The van der Waals surface area contributed by atoms with E-state index in [1.54, 1.807) is 0 Å². The number of ether oxygens (including phenoxy) is 1. The maximum Gasteiger partial charge on any atom is 0.459 e. The van der Waals surface area contributed by atoms with E-state index in [-0.39, 0.29) is 0 Å². The molecular formula is C8H7F7O2. The minimum atomic E-state index is -6.38. The summed E-state index contributed by atoms with van der Waals surface area (Å²) in [6.07, 6.45) is -7.77. The van der Waals surface area contributed by atoms with Crippen molar-refractivity contribution in [1.29, 1.82) is 0 Å². The average molecular weight is 268 g/mol. The van der Waals surface area contributed by atoms with Gasteiger partial charge in [-0.1, -0.05) is 6.58 Å². The van der Waals surface area contributed by atoms with Crippen LogP contribution in [-0.2, 0) is 9.53 Å². The first-order valence-corrected chi connectivity index (χ1v) is 4.07. The van der Waals surface area contributed by atoms with Crippen LogP contribution in [0.25, 0.3) is 0 Å². The van der Waals surface area contributed by atoms with Crippen LogP contribution in [-0.4, -0.2) is 30.6 Å². The summed E-state index contributed by atoms with van der Waals surface area (Å²) in [6, 6.07) is 0. The van der Waals surface area contributed by atoms with Crippen molar-refractivity contribution >= 4 is 5.97 Å². The van der Waals surface area contributed by atoms with Gasteiger partial charge in [-0.2, -0.15) is 30.7 Å². The fourth-order valence-electron chi connectivity index (χ4n) is 0.703. The lowest BCUT2D eigenvalue weighted by molar-refractivity contribution is -0.356. The summed E-state index contributed by atoms with van der Waals surface area (Å²) in [7, 11) is 0. The molecular weight excluding hydrogens is 261 g/mol. The van der Waals surface area contributed by atoms with E-state index in [4.69, 9.17) is 0 Å². The number of alkyl halides is 7. The highest BCUT2D eigenvalue weighted by molar-refractivity contribution is 5.81. The summed E-state index contributed by atoms with van der Waals surface area (Å²) in [4.78, 5) is 10.3. The van der Waals surface area contributed by atoms with Gasteiger partial charge in [0.2, 0.25) is 0 Å². The lowest BCUT2D eigenvalue weighted by atomic mass is 10.1. The second kappa shape index (κ2) is 4.92. The maximum atomic E-state index is 12.6. The van der Waals surface area contributed by atoms with E-state index >= 15 is 0 Å². The molecule has 0 bridgehead atoms. The van der Waals surface area contributed by atoms with E-state index in [1.807, 2.05) is 0 Å². The summed E-state index contributed by atoms with van der Waals surface area (Å²) in [5.41, 5.74) is 0. The van der Waals surface area contributed by atoms with Crippen LogP contribution < -0.4 is 0 Å². The molecule has 0 heterocycles.